The van der Waals surface area contributed by atoms with Crippen LogP contribution in [0, 0.1) is 5.92 Å². The highest BCUT2D eigenvalue weighted by Gasteiger charge is 2.24. The molecule has 2 saturated heterocycles. The van der Waals surface area contributed by atoms with Gasteiger partial charge in [0.1, 0.15) is 0 Å². The molecule has 0 unspecified atom stereocenters. The largest absolute Gasteiger partial charge is 0.378 e. The maximum absolute atomic E-state index is 12.5. The summed E-state index contributed by atoms with van der Waals surface area (Å²) in [4.78, 5) is 19.1. The summed E-state index contributed by atoms with van der Waals surface area (Å²) < 4.78 is 5.42. The van der Waals surface area contributed by atoms with Crippen molar-refractivity contribution in [1.82, 2.24) is 15.1 Å². The zero-order chi connectivity index (χ0) is 18.5. The van der Waals surface area contributed by atoms with Crippen molar-refractivity contribution < 1.29 is 9.53 Å². The molecule has 27 heavy (non-hydrogen) atoms. The van der Waals surface area contributed by atoms with Gasteiger partial charge in [0, 0.05) is 51.8 Å². The average Bonchev–Trinajstić information content (AvgIpc) is 3.27. The Morgan fingerprint density at radius 1 is 1.04 bits per heavy atom. The molecule has 7 nitrogen and oxygen atoms in total. The van der Waals surface area contributed by atoms with Crippen LogP contribution in [0.5, 0.6) is 0 Å². The smallest absolute Gasteiger partial charge is 0.222 e. The van der Waals surface area contributed by atoms with Crippen LogP contribution in [0.15, 0.2) is 12.3 Å². The molecule has 148 valence electrons. The van der Waals surface area contributed by atoms with Crippen LogP contribution in [0.1, 0.15) is 38.5 Å². The topological polar surface area (TPSA) is 61.8 Å². The van der Waals surface area contributed by atoms with E-state index in [1.807, 2.05) is 11.1 Å². The van der Waals surface area contributed by atoms with E-state index in [0.29, 0.717) is 5.91 Å². The number of rotatable bonds is 5. The summed E-state index contributed by atoms with van der Waals surface area (Å²) in [6.45, 7) is 6.55. The monoisotopic (exact) mass is 373 g/mol. The summed E-state index contributed by atoms with van der Waals surface area (Å²) in [6.07, 6.45) is 8.98. The van der Waals surface area contributed by atoms with E-state index in [4.69, 9.17) is 4.74 Å². The second-order valence-corrected chi connectivity index (χ2v) is 7.93. The Morgan fingerprint density at radius 2 is 1.78 bits per heavy atom. The van der Waals surface area contributed by atoms with E-state index in [1.54, 1.807) is 0 Å². The number of anilines is 2. The van der Waals surface area contributed by atoms with Crippen molar-refractivity contribution in [2.45, 2.75) is 38.5 Å². The van der Waals surface area contributed by atoms with Gasteiger partial charge in [0.2, 0.25) is 5.91 Å². The maximum Gasteiger partial charge on any atom is 0.222 e. The Labute approximate surface area is 161 Å². The fraction of sp³-hybridized carbons (Fsp3) is 0.750. The van der Waals surface area contributed by atoms with Crippen molar-refractivity contribution in [3.8, 4) is 0 Å². The number of amides is 1. The average molecular weight is 374 g/mol. The second-order valence-electron chi connectivity index (χ2n) is 7.93. The predicted octanol–water partition coefficient (Wildman–Crippen LogP) is 1.93. The Kier molecular flexibility index (Phi) is 6.07. The van der Waals surface area contributed by atoms with Crippen LogP contribution < -0.4 is 9.80 Å². The summed E-state index contributed by atoms with van der Waals surface area (Å²) >= 11 is 0. The van der Waals surface area contributed by atoms with Gasteiger partial charge in [-0.15, -0.1) is 5.10 Å². The first-order chi connectivity index (χ1) is 13.3. The molecule has 1 aromatic rings. The number of ether oxygens (including phenoxy) is 1. The quantitative estimate of drug-likeness (QED) is 0.786. The third-order valence-electron chi connectivity index (χ3n) is 6.20. The third-order valence-corrected chi connectivity index (χ3v) is 6.20. The normalized spacial score (nSPS) is 21.7. The minimum Gasteiger partial charge on any atom is -0.378 e. The number of carbonyl (C=O) groups is 1. The zero-order valence-electron chi connectivity index (χ0n) is 16.2. The van der Waals surface area contributed by atoms with Crippen LogP contribution in [0.3, 0.4) is 0 Å². The van der Waals surface area contributed by atoms with Crippen LogP contribution in [0.25, 0.3) is 0 Å². The van der Waals surface area contributed by atoms with Gasteiger partial charge >= 0.3 is 0 Å². The molecule has 0 aromatic carbocycles. The van der Waals surface area contributed by atoms with Crippen molar-refractivity contribution in [1.29, 1.82) is 0 Å². The molecule has 2 aliphatic heterocycles. The first-order valence-electron chi connectivity index (χ1n) is 10.5. The van der Waals surface area contributed by atoms with Crippen molar-refractivity contribution in [3.05, 3.63) is 12.3 Å². The molecular weight excluding hydrogens is 342 g/mol. The molecule has 0 bridgehead atoms. The molecule has 1 amide bonds. The summed E-state index contributed by atoms with van der Waals surface area (Å²) in [5, 5.41) is 8.50. The van der Waals surface area contributed by atoms with E-state index in [9.17, 15) is 4.79 Å². The van der Waals surface area contributed by atoms with Gasteiger partial charge in [-0.2, -0.15) is 5.10 Å². The summed E-state index contributed by atoms with van der Waals surface area (Å²) in [7, 11) is 0. The standard InChI is InChI=1S/C20H31N5O2/c26-20(6-5-17-3-1-2-4-17)25-9-7-23(8-10-25)18-15-19(22-21-16-18)24-11-13-27-14-12-24/h15-17H,1-14H2. The summed E-state index contributed by atoms with van der Waals surface area (Å²) in [5.74, 6) is 2.05. The first-order valence-corrected chi connectivity index (χ1v) is 10.5. The molecule has 7 heteroatoms. The SMILES string of the molecule is O=C(CCC1CCCC1)N1CCN(c2cnnc(N3CCOCC3)c2)CC1. The van der Waals surface area contributed by atoms with Gasteiger partial charge in [-0.1, -0.05) is 25.7 Å². The van der Waals surface area contributed by atoms with Crippen LogP contribution in [0.4, 0.5) is 11.5 Å². The molecule has 1 saturated carbocycles. The van der Waals surface area contributed by atoms with Gasteiger partial charge in [-0.05, 0) is 12.3 Å². The number of hydrogen-bond acceptors (Lipinski definition) is 6. The van der Waals surface area contributed by atoms with Crippen LogP contribution >= 0.6 is 0 Å². The summed E-state index contributed by atoms with van der Waals surface area (Å²) in [6, 6.07) is 2.12. The molecule has 0 atom stereocenters. The minimum atomic E-state index is 0.336. The molecule has 1 aliphatic carbocycles. The number of piperazine rings is 1. The summed E-state index contributed by atoms with van der Waals surface area (Å²) in [5.41, 5.74) is 1.10. The van der Waals surface area contributed by atoms with Gasteiger partial charge in [-0.3, -0.25) is 4.79 Å². The Bertz CT molecular complexity index is 621. The lowest BCUT2D eigenvalue weighted by atomic mass is 10.0. The van der Waals surface area contributed by atoms with Gasteiger partial charge in [0.15, 0.2) is 5.82 Å². The van der Waals surface area contributed by atoms with Crippen LogP contribution in [-0.2, 0) is 9.53 Å². The predicted molar refractivity (Wildman–Crippen MR) is 105 cm³/mol. The number of aromatic nitrogens is 2. The molecule has 3 fully saturated rings. The fourth-order valence-electron chi connectivity index (χ4n) is 4.46. The van der Waals surface area contributed by atoms with Gasteiger partial charge in [0.25, 0.3) is 0 Å². The lowest BCUT2D eigenvalue weighted by Gasteiger charge is -2.36. The molecule has 0 N–H and O–H groups in total. The molecule has 3 heterocycles. The molecular formula is C20H31N5O2. The number of nitrogens with zero attached hydrogens (tertiary/aromatic N) is 5. The number of hydrogen-bond donors (Lipinski definition) is 0. The lowest BCUT2D eigenvalue weighted by Crippen LogP contribution is -2.49. The first kappa shape index (κ1) is 18.5. The third kappa shape index (κ3) is 4.69. The van der Waals surface area contributed by atoms with E-state index in [-0.39, 0.29) is 0 Å². The van der Waals surface area contributed by atoms with Crippen molar-refractivity contribution in [2.75, 3.05) is 62.3 Å². The molecule has 1 aromatic heterocycles. The Hall–Kier alpha value is -1.89. The lowest BCUT2D eigenvalue weighted by molar-refractivity contribution is -0.131. The van der Waals surface area contributed by atoms with E-state index < -0.39 is 0 Å². The van der Waals surface area contributed by atoms with Gasteiger partial charge in [0.05, 0.1) is 25.1 Å². The van der Waals surface area contributed by atoms with Crippen molar-refractivity contribution >= 4 is 17.4 Å². The highest BCUT2D eigenvalue weighted by molar-refractivity contribution is 5.76. The van der Waals surface area contributed by atoms with E-state index in [1.165, 1.54) is 25.7 Å². The maximum atomic E-state index is 12.5. The Morgan fingerprint density at radius 3 is 2.52 bits per heavy atom. The van der Waals surface area contributed by atoms with E-state index in [2.05, 4.69) is 26.1 Å². The van der Waals surface area contributed by atoms with Crippen molar-refractivity contribution in [3.63, 3.8) is 0 Å². The fourth-order valence-corrected chi connectivity index (χ4v) is 4.46. The van der Waals surface area contributed by atoms with Crippen molar-refractivity contribution in [2.24, 2.45) is 5.92 Å². The molecule has 0 spiro atoms. The van der Waals surface area contributed by atoms with Crippen LogP contribution in [0.2, 0.25) is 0 Å². The van der Waals surface area contributed by atoms with Crippen LogP contribution in [-0.4, -0.2) is 73.5 Å². The number of morpholine rings is 1. The second kappa shape index (κ2) is 8.87. The van der Waals surface area contributed by atoms with E-state index >= 15 is 0 Å². The number of carbonyl (C=O) groups excluding carboxylic acids is 1. The van der Waals surface area contributed by atoms with Gasteiger partial charge in [-0.25, -0.2) is 0 Å². The van der Waals surface area contributed by atoms with E-state index in [0.717, 1.165) is 82.7 Å². The molecule has 4 rings (SSSR count). The molecule has 3 aliphatic rings. The highest BCUT2D eigenvalue weighted by atomic mass is 16.5. The highest BCUT2D eigenvalue weighted by Crippen LogP contribution is 2.29. The zero-order valence-corrected chi connectivity index (χ0v) is 16.2. The minimum absolute atomic E-state index is 0.336. The van der Waals surface area contributed by atoms with Gasteiger partial charge < -0.3 is 19.4 Å². The molecule has 0 radical (unpaired) electrons. The Balaban J connectivity index is 1.27.